The Morgan fingerprint density at radius 1 is 1.14 bits per heavy atom. The van der Waals surface area contributed by atoms with Crippen LogP contribution < -0.4 is 10.3 Å². The van der Waals surface area contributed by atoms with E-state index >= 15 is 0 Å². The van der Waals surface area contributed by atoms with Gasteiger partial charge in [-0.2, -0.15) is 5.10 Å². The first-order chi connectivity index (χ1) is 13.2. The first-order valence-corrected chi connectivity index (χ1v) is 9.32. The molecule has 1 atom stereocenters. The fourth-order valence-electron chi connectivity index (χ4n) is 2.37. The molecular weight excluding hydrogens is 472 g/mol. The highest BCUT2D eigenvalue weighted by atomic mass is 127. The minimum Gasteiger partial charge on any atom is -0.459 e. The van der Waals surface area contributed by atoms with Crippen molar-refractivity contribution in [1.82, 2.24) is 19.7 Å². The number of alkyl halides is 2. The largest absolute Gasteiger partial charge is 0.459 e. The number of benzene rings is 1. The molecule has 0 aliphatic heterocycles. The molecule has 6 nitrogen and oxygen atoms in total. The number of hydrogen-bond acceptors (Lipinski definition) is 5. The third-order valence-corrected chi connectivity index (χ3v) is 4.08. The SMILES string of the molecule is [B]C([B])(c1ccccc1)n1nc(-c2cnc(OCC(C)(F)I)nc2)ccc1=O. The third-order valence-electron chi connectivity index (χ3n) is 3.77. The molecule has 0 amide bonds. The molecule has 0 aliphatic carbocycles. The van der Waals surface area contributed by atoms with Crippen molar-refractivity contribution in [3.05, 3.63) is 70.8 Å². The van der Waals surface area contributed by atoms with Gasteiger partial charge in [-0.05, 0) is 41.1 Å². The average molecular weight is 486 g/mol. The predicted molar refractivity (Wildman–Crippen MR) is 114 cm³/mol. The number of aromatic nitrogens is 4. The fourth-order valence-corrected chi connectivity index (χ4v) is 2.53. The second-order valence-electron chi connectivity index (χ2n) is 6.27. The summed E-state index contributed by atoms with van der Waals surface area (Å²) in [5.74, 6) is 0. The summed E-state index contributed by atoms with van der Waals surface area (Å²) in [6.45, 7) is 1.20. The zero-order valence-corrected chi connectivity index (χ0v) is 17.1. The van der Waals surface area contributed by atoms with Gasteiger partial charge in [-0.3, -0.25) is 4.79 Å². The quantitative estimate of drug-likeness (QED) is 0.304. The van der Waals surface area contributed by atoms with E-state index in [1.807, 2.05) is 6.07 Å². The second-order valence-corrected chi connectivity index (χ2v) is 8.52. The van der Waals surface area contributed by atoms with Gasteiger partial charge in [0.1, 0.15) is 6.61 Å². The molecule has 1 unspecified atom stereocenters. The third kappa shape index (κ3) is 4.78. The van der Waals surface area contributed by atoms with Crippen molar-refractivity contribution in [2.75, 3.05) is 6.61 Å². The Kier molecular flexibility index (Phi) is 5.87. The first-order valence-electron chi connectivity index (χ1n) is 8.24. The van der Waals surface area contributed by atoms with E-state index in [2.05, 4.69) is 15.1 Å². The van der Waals surface area contributed by atoms with Gasteiger partial charge in [0.15, 0.2) is 3.68 Å². The highest BCUT2D eigenvalue weighted by Gasteiger charge is 2.24. The minimum atomic E-state index is -1.63. The number of halogens is 2. The van der Waals surface area contributed by atoms with Gasteiger partial charge >= 0.3 is 6.01 Å². The van der Waals surface area contributed by atoms with E-state index in [1.165, 1.54) is 31.5 Å². The smallest absolute Gasteiger partial charge is 0.316 e. The number of rotatable bonds is 6. The maximum absolute atomic E-state index is 13.5. The maximum Gasteiger partial charge on any atom is 0.316 e. The molecule has 0 fully saturated rings. The van der Waals surface area contributed by atoms with E-state index in [4.69, 9.17) is 20.4 Å². The van der Waals surface area contributed by atoms with Gasteiger partial charge in [0.05, 0.1) is 21.4 Å². The average Bonchev–Trinajstić information content (AvgIpc) is 2.67. The van der Waals surface area contributed by atoms with Crippen molar-refractivity contribution in [1.29, 1.82) is 0 Å². The van der Waals surface area contributed by atoms with Gasteiger partial charge in [-0.15, -0.1) is 0 Å². The molecule has 0 saturated heterocycles. The van der Waals surface area contributed by atoms with Crippen LogP contribution in [0.1, 0.15) is 12.5 Å². The Labute approximate surface area is 177 Å². The van der Waals surface area contributed by atoms with Crippen molar-refractivity contribution < 1.29 is 9.13 Å². The predicted octanol–water partition coefficient (Wildman–Crippen LogP) is 2.20. The lowest BCUT2D eigenvalue weighted by molar-refractivity contribution is 0.185. The van der Waals surface area contributed by atoms with E-state index in [0.29, 0.717) is 16.8 Å². The van der Waals surface area contributed by atoms with Gasteiger partial charge in [-0.25, -0.2) is 19.0 Å². The molecule has 3 rings (SSSR count). The van der Waals surface area contributed by atoms with Gasteiger partial charge < -0.3 is 4.74 Å². The normalized spacial score (nSPS) is 13.7. The molecule has 2 aromatic heterocycles. The monoisotopic (exact) mass is 486 g/mol. The Morgan fingerprint density at radius 2 is 1.79 bits per heavy atom. The number of nitrogens with zero attached hydrogens (tertiary/aromatic N) is 4. The summed E-state index contributed by atoms with van der Waals surface area (Å²) in [5.41, 5.74) is 0.978. The Hall–Kier alpha value is -2.23. The standard InChI is InChI=1S/C18H14B2FIN4O2/c1-17(21,22)11-28-16-23-9-12(10-24-16)14-7-8-15(27)26(25-14)18(19,20)13-5-3-2-4-6-13/h2-10H,11H2,1H3. The van der Waals surface area contributed by atoms with Crippen LogP contribution in [0.4, 0.5) is 4.39 Å². The van der Waals surface area contributed by atoms with Crippen molar-refractivity contribution in [2.45, 2.75) is 15.9 Å². The van der Waals surface area contributed by atoms with Crippen molar-refractivity contribution in [2.24, 2.45) is 0 Å². The van der Waals surface area contributed by atoms with E-state index in [9.17, 15) is 9.18 Å². The Bertz CT molecular complexity index is 1010. The molecule has 10 heteroatoms. The fraction of sp³-hybridized carbons (Fsp3) is 0.222. The van der Waals surface area contributed by atoms with Crippen LogP contribution in [0.25, 0.3) is 11.3 Å². The number of hydrogen-bond donors (Lipinski definition) is 0. The zero-order chi connectivity index (χ0) is 20.4. The molecular formula is C18H14B2FIN4O2. The molecule has 2 heterocycles. The second kappa shape index (κ2) is 8.02. The van der Waals surface area contributed by atoms with Crippen LogP contribution in [0.3, 0.4) is 0 Å². The van der Waals surface area contributed by atoms with E-state index in [1.54, 1.807) is 46.9 Å². The Balaban J connectivity index is 1.90. The zero-order valence-electron chi connectivity index (χ0n) is 14.9. The van der Waals surface area contributed by atoms with Crippen LogP contribution >= 0.6 is 22.6 Å². The lowest BCUT2D eigenvalue weighted by atomic mass is 9.58. The molecule has 0 aliphatic rings. The highest BCUT2D eigenvalue weighted by molar-refractivity contribution is 14.1. The first kappa shape index (κ1) is 20.5. The summed E-state index contributed by atoms with van der Waals surface area (Å²) in [7, 11) is 12.4. The number of ether oxygens (including phenoxy) is 1. The molecule has 0 N–H and O–H groups in total. The molecule has 138 valence electrons. The Morgan fingerprint density at radius 3 is 2.39 bits per heavy atom. The van der Waals surface area contributed by atoms with Gasteiger partial charge in [0, 0.05) is 29.4 Å². The van der Waals surface area contributed by atoms with E-state index in [-0.39, 0.29) is 12.6 Å². The minimum absolute atomic E-state index is 0.0360. The van der Waals surface area contributed by atoms with Crippen molar-refractivity contribution in [3.63, 3.8) is 0 Å². The molecule has 3 aromatic rings. The van der Waals surface area contributed by atoms with Gasteiger partial charge in [0.25, 0.3) is 5.56 Å². The van der Waals surface area contributed by atoms with Gasteiger partial charge in [0.2, 0.25) is 0 Å². The summed E-state index contributed by atoms with van der Waals surface area (Å²) in [6, 6.07) is 11.6. The summed E-state index contributed by atoms with van der Waals surface area (Å²) in [4.78, 5) is 20.4. The maximum atomic E-state index is 13.5. The van der Waals surface area contributed by atoms with E-state index in [0.717, 1.165) is 4.68 Å². The molecule has 0 bridgehead atoms. The van der Waals surface area contributed by atoms with Crippen LogP contribution in [0.2, 0.25) is 0 Å². The van der Waals surface area contributed by atoms with Crippen LogP contribution in [0.5, 0.6) is 6.01 Å². The summed E-state index contributed by atoms with van der Waals surface area (Å²) in [6.07, 6.45) is 2.92. The van der Waals surface area contributed by atoms with Gasteiger partial charge in [-0.1, -0.05) is 30.3 Å². The summed E-state index contributed by atoms with van der Waals surface area (Å²) >= 11 is 1.62. The summed E-state index contributed by atoms with van der Waals surface area (Å²) < 4.78 is 18.2. The molecule has 1 aromatic carbocycles. The van der Waals surface area contributed by atoms with Crippen molar-refractivity contribution >= 4 is 38.3 Å². The van der Waals surface area contributed by atoms with Crippen LogP contribution in [0, 0.1) is 0 Å². The molecule has 28 heavy (non-hydrogen) atoms. The summed E-state index contributed by atoms with van der Waals surface area (Å²) in [5, 5.41) is 2.64. The topological polar surface area (TPSA) is 69.9 Å². The van der Waals surface area contributed by atoms with E-state index < -0.39 is 14.6 Å². The molecule has 4 radical (unpaired) electrons. The highest BCUT2D eigenvalue weighted by Crippen LogP contribution is 2.22. The van der Waals surface area contributed by atoms with Crippen LogP contribution in [-0.4, -0.2) is 45.7 Å². The van der Waals surface area contributed by atoms with Crippen LogP contribution in [0.15, 0.2) is 59.7 Å². The molecule has 0 saturated carbocycles. The van der Waals surface area contributed by atoms with Crippen LogP contribution in [-0.2, 0) is 5.34 Å². The lowest BCUT2D eigenvalue weighted by Gasteiger charge is -2.28. The lowest BCUT2D eigenvalue weighted by Crippen LogP contribution is -2.44. The van der Waals surface area contributed by atoms with Crippen molar-refractivity contribution in [3.8, 4) is 17.3 Å². The molecule has 0 spiro atoms.